The van der Waals surface area contributed by atoms with Crippen LogP contribution in [-0.4, -0.2) is 46.5 Å². The number of carbonyl (C=O) groups excluding carboxylic acids is 1. The number of benzene rings is 1. The predicted octanol–water partition coefficient (Wildman–Crippen LogP) is 5.95. The summed E-state index contributed by atoms with van der Waals surface area (Å²) in [7, 11) is 0. The van der Waals surface area contributed by atoms with Gasteiger partial charge >= 0.3 is 6.09 Å². The first kappa shape index (κ1) is 23.0. The minimum Gasteiger partial charge on any atom is -0.485 e. The smallest absolute Gasteiger partial charge is 0.410 e. The molecule has 172 valence electrons. The molecule has 5 nitrogen and oxygen atoms in total. The second-order valence-corrected chi connectivity index (χ2v) is 11.0. The number of pyridine rings is 1. The molecule has 1 amide bonds. The lowest BCUT2D eigenvalue weighted by atomic mass is 9.79. The second kappa shape index (κ2) is 8.97. The number of piperidine rings is 1. The van der Waals surface area contributed by atoms with Gasteiger partial charge in [-0.05, 0) is 58.4 Å². The van der Waals surface area contributed by atoms with Crippen molar-refractivity contribution in [3.8, 4) is 17.0 Å². The molecule has 0 saturated carbocycles. The molecule has 0 spiro atoms. The molecule has 1 saturated heterocycles. The molecule has 2 aliphatic heterocycles. The van der Waals surface area contributed by atoms with Crippen LogP contribution in [0.25, 0.3) is 11.3 Å². The lowest BCUT2D eigenvalue weighted by Gasteiger charge is -2.40. The first-order valence-corrected chi connectivity index (χ1v) is 12.8. The van der Waals surface area contributed by atoms with Gasteiger partial charge in [0.25, 0.3) is 0 Å². The molecule has 3 heterocycles. The monoisotopic (exact) mass is 454 g/mol. The van der Waals surface area contributed by atoms with Gasteiger partial charge in [-0.1, -0.05) is 24.3 Å². The topological polar surface area (TPSA) is 51.7 Å². The molecule has 1 fully saturated rings. The SMILES string of the molecule is CSCc1ccc(-c2cc3c(cn2)OC(C)(C2CCN(C(=O)OC(C)(C)C)CC2)C3)cc1. The van der Waals surface area contributed by atoms with Gasteiger partial charge in [-0.25, -0.2) is 4.79 Å². The molecule has 0 N–H and O–H groups in total. The Morgan fingerprint density at radius 2 is 1.94 bits per heavy atom. The van der Waals surface area contributed by atoms with Gasteiger partial charge in [0.05, 0.1) is 11.9 Å². The summed E-state index contributed by atoms with van der Waals surface area (Å²) in [5.41, 5.74) is 3.96. The molecule has 0 bridgehead atoms. The fourth-order valence-electron chi connectivity index (χ4n) is 4.70. The van der Waals surface area contributed by atoms with Gasteiger partial charge in [-0.2, -0.15) is 11.8 Å². The third kappa shape index (κ3) is 5.06. The van der Waals surface area contributed by atoms with E-state index in [1.165, 1.54) is 11.1 Å². The summed E-state index contributed by atoms with van der Waals surface area (Å²) in [6.45, 7) is 9.34. The van der Waals surface area contributed by atoms with Gasteiger partial charge in [0.15, 0.2) is 0 Å². The molecule has 0 aliphatic carbocycles. The van der Waals surface area contributed by atoms with E-state index in [4.69, 9.17) is 9.47 Å². The Kier molecular flexibility index (Phi) is 6.44. The van der Waals surface area contributed by atoms with E-state index in [0.29, 0.717) is 19.0 Å². The zero-order valence-electron chi connectivity index (χ0n) is 19.8. The molecule has 4 rings (SSSR count). The number of thioether (sulfide) groups is 1. The standard InChI is InChI=1S/C26H34N2O3S/c1-25(2,3)31-24(29)28-12-10-21(11-13-28)26(4)15-20-14-22(27-16-23(20)30-26)19-8-6-18(7-9-19)17-32-5/h6-9,14,16,21H,10-13,15,17H2,1-5H3. The Labute approximate surface area is 195 Å². The first-order chi connectivity index (χ1) is 15.2. The van der Waals surface area contributed by atoms with Crippen LogP contribution in [0.2, 0.25) is 0 Å². The highest BCUT2D eigenvalue weighted by Crippen LogP contribution is 2.43. The van der Waals surface area contributed by atoms with Crippen molar-refractivity contribution in [1.82, 2.24) is 9.88 Å². The molecular weight excluding hydrogens is 420 g/mol. The van der Waals surface area contributed by atoms with Gasteiger partial charge in [0, 0.05) is 42.3 Å². The number of fused-ring (bicyclic) bond motifs is 1. The van der Waals surface area contributed by atoms with Crippen LogP contribution in [0.1, 0.15) is 51.7 Å². The number of hydrogen-bond acceptors (Lipinski definition) is 5. The van der Waals surface area contributed by atoms with Crippen LogP contribution in [0.4, 0.5) is 4.79 Å². The van der Waals surface area contributed by atoms with E-state index >= 15 is 0 Å². The minimum atomic E-state index is -0.462. The summed E-state index contributed by atoms with van der Waals surface area (Å²) in [6.07, 6.45) is 6.49. The zero-order chi connectivity index (χ0) is 22.9. The van der Waals surface area contributed by atoms with Crippen LogP contribution >= 0.6 is 11.8 Å². The van der Waals surface area contributed by atoms with Gasteiger partial charge in [0.1, 0.15) is 17.0 Å². The molecule has 6 heteroatoms. The summed E-state index contributed by atoms with van der Waals surface area (Å²) >= 11 is 1.83. The van der Waals surface area contributed by atoms with E-state index < -0.39 is 5.60 Å². The van der Waals surface area contributed by atoms with E-state index in [9.17, 15) is 4.79 Å². The lowest BCUT2D eigenvalue weighted by molar-refractivity contribution is -0.00829. The Bertz CT molecular complexity index is 962. The predicted molar refractivity (Wildman–Crippen MR) is 130 cm³/mol. The Morgan fingerprint density at radius 1 is 1.25 bits per heavy atom. The van der Waals surface area contributed by atoms with Crippen molar-refractivity contribution in [3.63, 3.8) is 0 Å². The van der Waals surface area contributed by atoms with Gasteiger partial charge in [-0.15, -0.1) is 0 Å². The summed E-state index contributed by atoms with van der Waals surface area (Å²) in [5, 5.41) is 0. The van der Waals surface area contributed by atoms with Gasteiger partial charge in [-0.3, -0.25) is 4.98 Å². The van der Waals surface area contributed by atoms with Crippen molar-refractivity contribution < 1.29 is 14.3 Å². The number of hydrogen-bond donors (Lipinski definition) is 0. The molecular formula is C26H34N2O3S. The minimum absolute atomic E-state index is 0.214. The summed E-state index contributed by atoms with van der Waals surface area (Å²) < 4.78 is 12.0. The van der Waals surface area contributed by atoms with Crippen LogP contribution in [0.3, 0.4) is 0 Å². The largest absolute Gasteiger partial charge is 0.485 e. The number of carbonyl (C=O) groups is 1. The Hall–Kier alpha value is -2.21. The van der Waals surface area contributed by atoms with Crippen molar-refractivity contribution in [2.45, 2.75) is 63.9 Å². The van der Waals surface area contributed by atoms with E-state index in [1.807, 2.05) is 43.6 Å². The molecule has 1 aromatic heterocycles. The first-order valence-electron chi connectivity index (χ1n) is 11.4. The van der Waals surface area contributed by atoms with E-state index in [0.717, 1.165) is 42.0 Å². The van der Waals surface area contributed by atoms with Crippen LogP contribution in [0.15, 0.2) is 36.5 Å². The maximum absolute atomic E-state index is 12.4. The number of amides is 1. The molecule has 1 unspecified atom stereocenters. The van der Waals surface area contributed by atoms with Crippen molar-refractivity contribution in [2.75, 3.05) is 19.3 Å². The van der Waals surface area contributed by atoms with Crippen LogP contribution in [-0.2, 0) is 16.9 Å². The van der Waals surface area contributed by atoms with Crippen molar-refractivity contribution in [3.05, 3.63) is 47.7 Å². The van der Waals surface area contributed by atoms with E-state index in [-0.39, 0.29) is 11.7 Å². The van der Waals surface area contributed by atoms with E-state index in [2.05, 4.69) is 48.5 Å². The number of nitrogens with zero attached hydrogens (tertiary/aromatic N) is 2. The van der Waals surface area contributed by atoms with Crippen LogP contribution in [0, 0.1) is 5.92 Å². The fraction of sp³-hybridized carbons (Fsp3) is 0.538. The van der Waals surface area contributed by atoms with Gasteiger partial charge in [0.2, 0.25) is 0 Å². The highest BCUT2D eigenvalue weighted by atomic mass is 32.2. The quantitative estimate of drug-likeness (QED) is 0.571. The second-order valence-electron chi connectivity index (χ2n) is 10.1. The highest BCUT2D eigenvalue weighted by Gasteiger charge is 2.44. The van der Waals surface area contributed by atoms with Crippen molar-refractivity contribution in [1.29, 1.82) is 0 Å². The van der Waals surface area contributed by atoms with Crippen LogP contribution in [0.5, 0.6) is 5.75 Å². The highest BCUT2D eigenvalue weighted by molar-refractivity contribution is 7.97. The molecule has 2 aliphatic rings. The molecule has 1 atom stereocenters. The average molecular weight is 455 g/mol. The summed E-state index contributed by atoms with van der Waals surface area (Å²) in [6, 6.07) is 10.9. The third-order valence-electron chi connectivity index (χ3n) is 6.40. The number of aromatic nitrogens is 1. The van der Waals surface area contributed by atoms with Crippen LogP contribution < -0.4 is 4.74 Å². The molecule has 2 aromatic rings. The van der Waals surface area contributed by atoms with E-state index in [1.54, 1.807) is 0 Å². The fourth-order valence-corrected chi connectivity index (χ4v) is 5.23. The Balaban J connectivity index is 1.41. The molecule has 32 heavy (non-hydrogen) atoms. The number of likely N-dealkylation sites (tertiary alicyclic amines) is 1. The zero-order valence-corrected chi connectivity index (χ0v) is 20.6. The average Bonchev–Trinajstić information content (AvgIpc) is 3.10. The van der Waals surface area contributed by atoms with Gasteiger partial charge < -0.3 is 14.4 Å². The third-order valence-corrected chi connectivity index (χ3v) is 7.03. The maximum atomic E-state index is 12.4. The maximum Gasteiger partial charge on any atom is 0.410 e. The molecule has 1 aromatic carbocycles. The molecule has 0 radical (unpaired) electrons. The number of ether oxygens (including phenoxy) is 2. The summed E-state index contributed by atoms with van der Waals surface area (Å²) in [5.74, 6) is 2.31. The Morgan fingerprint density at radius 3 is 2.56 bits per heavy atom. The lowest BCUT2D eigenvalue weighted by Crippen LogP contribution is -2.48. The normalized spacial score (nSPS) is 21.2. The summed E-state index contributed by atoms with van der Waals surface area (Å²) in [4.78, 5) is 18.9. The number of rotatable bonds is 4. The van der Waals surface area contributed by atoms with Crippen molar-refractivity contribution >= 4 is 17.9 Å². The van der Waals surface area contributed by atoms with Crippen molar-refractivity contribution in [2.24, 2.45) is 5.92 Å².